The molecule has 0 aliphatic rings. The average molecular weight is 309 g/mol. The lowest BCUT2D eigenvalue weighted by atomic mass is 10.1. The molecule has 0 spiro atoms. The van der Waals surface area contributed by atoms with Crippen LogP contribution in [-0.4, -0.2) is 22.9 Å². The van der Waals surface area contributed by atoms with E-state index < -0.39 is 11.8 Å². The maximum atomic E-state index is 11.9. The zero-order chi connectivity index (χ0) is 16.8. The first-order valence-electron chi connectivity index (χ1n) is 6.81. The normalized spacial score (nSPS) is 9.61. The number of nitrogens with zero attached hydrogens (tertiary/aromatic N) is 1. The number of carbonyl (C=O) groups excluding carboxylic acids is 2. The molecule has 0 aliphatic heterocycles. The number of nitrogens with two attached hydrogens (primary N) is 1. The molecule has 0 unspecified atom stereocenters. The number of amides is 2. The average Bonchev–Trinajstić information content (AvgIpc) is 2.54. The van der Waals surface area contributed by atoms with Crippen molar-refractivity contribution in [3.63, 3.8) is 0 Å². The zero-order valence-electron chi connectivity index (χ0n) is 12.5. The summed E-state index contributed by atoms with van der Waals surface area (Å²) in [6.45, 7) is 0.106. The summed E-state index contributed by atoms with van der Waals surface area (Å²) in [4.78, 5) is 34.6. The van der Waals surface area contributed by atoms with Crippen LogP contribution in [0, 0.1) is 11.8 Å². The van der Waals surface area contributed by atoms with Gasteiger partial charge in [-0.05, 0) is 36.4 Å². The maximum Gasteiger partial charge on any atom is 0.263 e. The van der Waals surface area contributed by atoms with E-state index in [-0.39, 0.29) is 17.7 Å². The van der Waals surface area contributed by atoms with Crippen LogP contribution in [0.2, 0.25) is 0 Å². The van der Waals surface area contributed by atoms with Gasteiger partial charge in [-0.2, -0.15) is 0 Å². The third-order valence-corrected chi connectivity index (χ3v) is 3.11. The molecule has 0 radical (unpaired) electrons. The van der Waals surface area contributed by atoms with Gasteiger partial charge in [-0.25, -0.2) is 0 Å². The van der Waals surface area contributed by atoms with E-state index in [1.807, 2.05) is 0 Å². The van der Waals surface area contributed by atoms with Gasteiger partial charge in [0.2, 0.25) is 5.91 Å². The summed E-state index contributed by atoms with van der Waals surface area (Å²) in [6, 6.07) is 9.59. The fourth-order valence-corrected chi connectivity index (χ4v) is 1.85. The number of hydrogen-bond donors (Lipinski definition) is 2. The van der Waals surface area contributed by atoms with Gasteiger partial charge < -0.3 is 15.6 Å². The van der Waals surface area contributed by atoms with Gasteiger partial charge in [0.25, 0.3) is 11.5 Å². The second kappa shape index (κ2) is 7.09. The van der Waals surface area contributed by atoms with Crippen molar-refractivity contribution in [2.45, 2.75) is 0 Å². The highest BCUT2D eigenvalue weighted by atomic mass is 16.2. The Morgan fingerprint density at radius 1 is 1.22 bits per heavy atom. The molecule has 6 heteroatoms. The van der Waals surface area contributed by atoms with Crippen LogP contribution in [0.3, 0.4) is 0 Å². The number of aryl methyl sites for hydroxylation is 1. The summed E-state index contributed by atoms with van der Waals surface area (Å²) in [5.74, 6) is 4.65. The van der Waals surface area contributed by atoms with E-state index in [0.29, 0.717) is 11.1 Å². The fraction of sp³-hybridized carbons (Fsp3) is 0.118. The van der Waals surface area contributed by atoms with Crippen molar-refractivity contribution < 1.29 is 9.59 Å². The van der Waals surface area contributed by atoms with Crippen molar-refractivity contribution in [2.75, 3.05) is 6.54 Å². The molecule has 23 heavy (non-hydrogen) atoms. The number of benzene rings is 1. The van der Waals surface area contributed by atoms with Crippen LogP contribution in [0.15, 0.2) is 47.4 Å². The van der Waals surface area contributed by atoms with E-state index in [2.05, 4.69) is 17.2 Å². The number of nitrogens with one attached hydrogen (secondary N) is 1. The van der Waals surface area contributed by atoms with Crippen LogP contribution in [0.5, 0.6) is 0 Å². The standard InChI is InChI=1S/C17H15N3O3/c1-20-11-3-5-14(17(20)23)16(22)19-10-2-4-12-6-8-13(9-7-12)15(18)21/h3,5-9,11H,10H2,1H3,(H2,18,21)(H,19,22). The summed E-state index contributed by atoms with van der Waals surface area (Å²) in [6.07, 6.45) is 1.58. The molecule has 2 aromatic rings. The number of hydrogen-bond acceptors (Lipinski definition) is 3. The van der Waals surface area contributed by atoms with Crippen molar-refractivity contribution in [3.8, 4) is 11.8 Å². The molecule has 116 valence electrons. The summed E-state index contributed by atoms with van der Waals surface area (Å²) in [5.41, 5.74) is 5.96. The van der Waals surface area contributed by atoms with Crippen LogP contribution in [0.25, 0.3) is 0 Å². The Kier molecular flexibility index (Phi) is 4.95. The quantitative estimate of drug-likeness (QED) is 0.797. The number of aromatic nitrogens is 1. The molecule has 3 N–H and O–H groups in total. The Labute approximate surface area is 132 Å². The van der Waals surface area contributed by atoms with Crippen molar-refractivity contribution in [2.24, 2.45) is 12.8 Å². The Bertz CT molecular complexity index is 855. The lowest BCUT2D eigenvalue weighted by Gasteiger charge is -2.02. The minimum Gasteiger partial charge on any atom is -0.366 e. The van der Waals surface area contributed by atoms with E-state index in [1.165, 1.54) is 10.6 Å². The van der Waals surface area contributed by atoms with Gasteiger partial charge in [-0.15, -0.1) is 0 Å². The van der Waals surface area contributed by atoms with Gasteiger partial charge in [0.05, 0.1) is 6.54 Å². The van der Waals surface area contributed by atoms with Gasteiger partial charge in [-0.3, -0.25) is 14.4 Å². The third-order valence-electron chi connectivity index (χ3n) is 3.11. The fourth-order valence-electron chi connectivity index (χ4n) is 1.85. The van der Waals surface area contributed by atoms with Gasteiger partial charge in [0.1, 0.15) is 5.56 Å². The van der Waals surface area contributed by atoms with Crippen LogP contribution < -0.4 is 16.6 Å². The number of carbonyl (C=O) groups is 2. The third kappa shape index (κ3) is 4.08. The Morgan fingerprint density at radius 2 is 1.91 bits per heavy atom. The molecular weight excluding hydrogens is 294 g/mol. The molecule has 2 rings (SSSR count). The van der Waals surface area contributed by atoms with Gasteiger partial charge in [-0.1, -0.05) is 11.8 Å². The van der Waals surface area contributed by atoms with E-state index in [9.17, 15) is 14.4 Å². The highest BCUT2D eigenvalue weighted by molar-refractivity contribution is 5.94. The van der Waals surface area contributed by atoms with Crippen LogP contribution >= 0.6 is 0 Å². The van der Waals surface area contributed by atoms with Gasteiger partial charge in [0, 0.05) is 24.4 Å². The van der Waals surface area contributed by atoms with Gasteiger partial charge >= 0.3 is 0 Å². The largest absolute Gasteiger partial charge is 0.366 e. The van der Waals surface area contributed by atoms with E-state index in [0.717, 1.165) is 0 Å². The van der Waals surface area contributed by atoms with Crippen molar-refractivity contribution >= 4 is 11.8 Å². The monoisotopic (exact) mass is 309 g/mol. The lowest BCUT2D eigenvalue weighted by molar-refractivity contribution is 0.0955. The molecule has 1 aromatic carbocycles. The second-order valence-corrected chi connectivity index (χ2v) is 4.76. The topological polar surface area (TPSA) is 94.2 Å². The Balaban J connectivity index is 1.97. The minimum absolute atomic E-state index is 0.0719. The van der Waals surface area contributed by atoms with Crippen LogP contribution in [0.1, 0.15) is 26.3 Å². The summed E-state index contributed by atoms with van der Waals surface area (Å²) >= 11 is 0. The smallest absolute Gasteiger partial charge is 0.263 e. The molecule has 0 saturated heterocycles. The van der Waals surface area contributed by atoms with Crippen molar-refractivity contribution in [1.82, 2.24) is 9.88 Å². The van der Waals surface area contributed by atoms with E-state index in [1.54, 1.807) is 43.6 Å². The Morgan fingerprint density at radius 3 is 2.57 bits per heavy atom. The molecule has 1 heterocycles. The Hall–Kier alpha value is -3.33. The predicted molar refractivity (Wildman–Crippen MR) is 85.9 cm³/mol. The van der Waals surface area contributed by atoms with E-state index >= 15 is 0 Å². The highest BCUT2D eigenvalue weighted by Gasteiger charge is 2.09. The number of primary amides is 1. The first-order chi connectivity index (χ1) is 11.0. The molecular formula is C17H15N3O3. The van der Waals surface area contributed by atoms with Crippen LogP contribution in [0.4, 0.5) is 0 Å². The zero-order valence-corrected chi connectivity index (χ0v) is 12.5. The highest BCUT2D eigenvalue weighted by Crippen LogP contribution is 2.02. The molecule has 0 fully saturated rings. The first kappa shape index (κ1) is 16.0. The van der Waals surface area contributed by atoms with Crippen molar-refractivity contribution in [1.29, 1.82) is 0 Å². The summed E-state index contributed by atoms with van der Waals surface area (Å²) < 4.78 is 1.33. The number of rotatable bonds is 3. The lowest BCUT2D eigenvalue weighted by Crippen LogP contribution is -2.32. The predicted octanol–water partition coefficient (Wildman–Crippen LogP) is 0.266. The molecule has 1 aromatic heterocycles. The minimum atomic E-state index is -0.499. The molecule has 0 aliphatic carbocycles. The maximum absolute atomic E-state index is 11.9. The number of pyridine rings is 1. The summed E-state index contributed by atoms with van der Waals surface area (Å²) in [5, 5.41) is 2.57. The van der Waals surface area contributed by atoms with E-state index in [4.69, 9.17) is 5.73 Å². The van der Waals surface area contributed by atoms with Crippen LogP contribution in [-0.2, 0) is 7.05 Å². The molecule has 0 saturated carbocycles. The molecule has 0 bridgehead atoms. The second-order valence-electron chi connectivity index (χ2n) is 4.76. The van der Waals surface area contributed by atoms with Crippen molar-refractivity contribution in [3.05, 3.63) is 69.6 Å². The molecule has 2 amide bonds. The molecule has 0 atom stereocenters. The molecule has 6 nitrogen and oxygen atoms in total. The SMILES string of the molecule is Cn1cccc(C(=O)NCC#Cc2ccc(C(N)=O)cc2)c1=O. The summed E-state index contributed by atoms with van der Waals surface area (Å²) in [7, 11) is 1.58. The van der Waals surface area contributed by atoms with Gasteiger partial charge in [0.15, 0.2) is 0 Å². The first-order valence-corrected chi connectivity index (χ1v) is 6.81.